The highest BCUT2D eigenvalue weighted by atomic mass is 35.5. The van der Waals surface area contributed by atoms with Crippen molar-refractivity contribution in [1.82, 2.24) is 21.0 Å². The number of piperidine rings is 1. The van der Waals surface area contributed by atoms with Gasteiger partial charge in [-0.3, -0.25) is 19.8 Å². The fourth-order valence-electron chi connectivity index (χ4n) is 4.11. The van der Waals surface area contributed by atoms with Crippen LogP contribution in [-0.4, -0.2) is 63.9 Å². The van der Waals surface area contributed by atoms with Gasteiger partial charge in [0, 0.05) is 42.1 Å². The van der Waals surface area contributed by atoms with Crippen LogP contribution >= 0.6 is 11.6 Å². The highest BCUT2D eigenvalue weighted by Crippen LogP contribution is 2.32. The Bertz CT molecular complexity index is 1110. The van der Waals surface area contributed by atoms with Gasteiger partial charge in [-0.25, -0.2) is 9.18 Å². The van der Waals surface area contributed by atoms with E-state index >= 15 is 4.39 Å². The Morgan fingerprint density at radius 3 is 2.66 bits per heavy atom. The summed E-state index contributed by atoms with van der Waals surface area (Å²) in [6.07, 6.45) is -7.70. The maximum atomic E-state index is 15.0. The molecule has 17 heteroatoms. The number of nitroso groups, excluding NO2 is 1. The molecular weight excluding hydrogens is 546 g/mol. The number of amides is 3. The molecule has 0 radical (unpaired) electrons. The van der Waals surface area contributed by atoms with Crippen molar-refractivity contribution < 1.29 is 51.7 Å². The van der Waals surface area contributed by atoms with Crippen molar-refractivity contribution in [3.63, 3.8) is 0 Å². The summed E-state index contributed by atoms with van der Waals surface area (Å²) < 4.78 is 54.3. The average Bonchev–Trinajstić information content (AvgIpc) is 3.24. The number of alkyl halides is 3. The lowest BCUT2D eigenvalue weighted by Crippen LogP contribution is -2.50. The van der Waals surface area contributed by atoms with Crippen molar-refractivity contribution in [3.8, 4) is 0 Å². The molecule has 4 N–H and O–H groups in total. The number of rotatable bonds is 9. The van der Waals surface area contributed by atoms with Crippen LogP contribution in [-0.2, 0) is 39.1 Å². The minimum absolute atomic E-state index is 0.00745. The molecule has 0 bridgehead atoms. The van der Waals surface area contributed by atoms with Crippen LogP contribution < -0.4 is 16.0 Å². The highest BCUT2D eigenvalue weighted by Gasteiger charge is 2.56. The molecule has 3 rings (SSSR count). The van der Waals surface area contributed by atoms with E-state index in [9.17, 15) is 37.6 Å². The van der Waals surface area contributed by atoms with Gasteiger partial charge in [-0.05, 0) is 25.0 Å². The Morgan fingerprint density at radius 2 is 2.03 bits per heavy atom. The van der Waals surface area contributed by atoms with Crippen LogP contribution in [0.5, 0.6) is 0 Å². The third-order valence-electron chi connectivity index (χ3n) is 6.03. The van der Waals surface area contributed by atoms with E-state index < -0.39 is 74.3 Å². The zero-order chi connectivity index (χ0) is 28.2. The smallest absolute Gasteiger partial charge is 0.392 e. The summed E-state index contributed by atoms with van der Waals surface area (Å²) in [6.45, 7) is -0.712. The van der Waals surface area contributed by atoms with Crippen molar-refractivity contribution in [1.29, 1.82) is 0 Å². The fourth-order valence-corrected chi connectivity index (χ4v) is 4.42. The summed E-state index contributed by atoms with van der Waals surface area (Å²) in [5, 5.41) is 17.2. The first kappa shape index (κ1) is 29.5. The normalized spacial score (nSPS) is 20.9. The summed E-state index contributed by atoms with van der Waals surface area (Å²) in [6, 6.07) is -1.66. The SMILES string of the molecule is C[C@H](OOC(=O)NCc1cc(Cl)c(CN[C@@H]2CCC(=O)NC2=O)c(CO)c1F)N1C(C(F)(F)F)CC[N+]1=O. The molecule has 0 aliphatic carbocycles. The van der Waals surface area contributed by atoms with E-state index in [1.54, 1.807) is 0 Å². The third kappa shape index (κ3) is 6.86. The molecular formula is C21H25ClF4N5O7+. The van der Waals surface area contributed by atoms with Crippen molar-refractivity contribution in [2.75, 3.05) is 6.54 Å². The van der Waals surface area contributed by atoms with Crippen molar-refractivity contribution >= 4 is 29.5 Å². The van der Waals surface area contributed by atoms with Gasteiger partial charge in [-0.15, -0.1) is 0 Å². The summed E-state index contributed by atoms with van der Waals surface area (Å²) in [5.41, 5.74) is -0.196. The maximum absolute atomic E-state index is 15.0. The Labute approximate surface area is 218 Å². The van der Waals surface area contributed by atoms with E-state index in [2.05, 4.69) is 25.7 Å². The van der Waals surface area contributed by atoms with Gasteiger partial charge in [-0.2, -0.15) is 18.1 Å². The zero-order valence-corrected chi connectivity index (χ0v) is 20.7. The largest absolute Gasteiger partial charge is 0.439 e. The van der Waals surface area contributed by atoms with Crippen molar-refractivity contribution in [2.45, 2.75) is 70.4 Å². The molecule has 1 aromatic carbocycles. The second-order valence-corrected chi connectivity index (χ2v) is 8.96. The number of hydrogen-bond acceptors (Lipinski definition) is 8. The van der Waals surface area contributed by atoms with E-state index in [-0.39, 0.29) is 46.0 Å². The van der Waals surface area contributed by atoms with E-state index in [1.165, 1.54) is 6.07 Å². The lowest BCUT2D eigenvalue weighted by atomic mass is 10.0. The van der Waals surface area contributed by atoms with E-state index in [4.69, 9.17) is 11.6 Å². The summed E-state index contributed by atoms with van der Waals surface area (Å²) in [5.74, 6) is -1.85. The molecule has 2 fully saturated rings. The number of aliphatic hydroxyl groups is 1. The number of hydrazine groups is 1. The molecule has 2 aliphatic heterocycles. The average molecular weight is 571 g/mol. The van der Waals surface area contributed by atoms with Crippen molar-refractivity contribution in [3.05, 3.63) is 38.5 Å². The van der Waals surface area contributed by atoms with Crippen LogP contribution in [0.2, 0.25) is 5.02 Å². The van der Waals surface area contributed by atoms with E-state index in [0.29, 0.717) is 5.01 Å². The van der Waals surface area contributed by atoms with Gasteiger partial charge in [0.1, 0.15) is 10.7 Å². The Kier molecular flexibility index (Phi) is 9.45. The predicted molar refractivity (Wildman–Crippen MR) is 119 cm³/mol. The number of nitrogens with one attached hydrogen (secondary N) is 3. The summed E-state index contributed by atoms with van der Waals surface area (Å²) >= 11 is 6.24. The van der Waals surface area contributed by atoms with Crippen LogP contribution in [0.25, 0.3) is 0 Å². The molecule has 2 saturated heterocycles. The molecule has 1 unspecified atom stereocenters. The zero-order valence-electron chi connectivity index (χ0n) is 19.9. The second kappa shape index (κ2) is 12.2. The standard InChI is InChI=1S/C21H24ClF4N5O7/c1-10(31-16(21(24,25)26)4-5-30(31)36)37-38-20(35)28-7-11-6-14(22)12(13(9-32)18(11)23)8-27-15-2-3-17(33)29-19(15)34/h6,10,15-16,27,32H,2-5,7-9H2,1H3,(H-,28,29,33,34,35)/p+1/t10-,15+,16?/m0/s1. The first-order valence-electron chi connectivity index (χ1n) is 11.4. The van der Waals surface area contributed by atoms with Crippen molar-refractivity contribution in [2.24, 2.45) is 0 Å². The van der Waals surface area contributed by atoms with Crippen LogP contribution in [0.3, 0.4) is 0 Å². The molecule has 38 heavy (non-hydrogen) atoms. The molecule has 3 atom stereocenters. The number of halogens is 5. The number of nitrogens with zero attached hydrogens (tertiary/aromatic N) is 2. The molecule has 2 aliphatic rings. The van der Waals surface area contributed by atoms with Crippen LogP contribution in [0, 0.1) is 10.7 Å². The second-order valence-electron chi connectivity index (χ2n) is 8.55. The van der Waals surface area contributed by atoms with Crippen LogP contribution in [0.4, 0.5) is 22.4 Å². The van der Waals surface area contributed by atoms with Gasteiger partial charge in [0.25, 0.3) is 0 Å². The lowest BCUT2D eigenvalue weighted by molar-refractivity contribution is -0.717. The minimum atomic E-state index is -4.70. The first-order valence-corrected chi connectivity index (χ1v) is 11.8. The van der Waals surface area contributed by atoms with Gasteiger partial charge in [0.05, 0.1) is 17.6 Å². The predicted octanol–water partition coefficient (Wildman–Crippen LogP) is 1.70. The number of benzene rings is 1. The number of hydrogen-bond donors (Lipinski definition) is 4. The van der Waals surface area contributed by atoms with E-state index in [1.807, 2.05) is 0 Å². The van der Waals surface area contributed by atoms with Gasteiger partial charge < -0.3 is 15.7 Å². The summed E-state index contributed by atoms with van der Waals surface area (Å²) in [7, 11) is 0. The van der Waals surface area contributed by atoms with E-state index in [0.717, 1.165) is 6.92 Å². The molecule has 1 aromatic rings. The number of carbonyl (C=O) groups is 3. The monoisotopic (exact) mass is 570 g/mol. The number of carbonyl (C=O) groups excluding carboxylic acids is 3. The maximum Gasteiger partial charge on any atom is 0.439 e. The number of aliphatic hydroxyl groups excluding tert-OH is 1. The number of imide groups is 1. The molecule has 0 aromatic heterocycles. The lowest BCUT2D eigenvalue weighted by Gasteiger charge is -2.23. The molecule has 3 amide bonds. The Morgan fingerprint density at radius 1 is 1.32 bits per heavy atom. The quantitative estimate of drug-likeness (QED) is 0.114. The molecule has 0 spiro atoms. The summed E-state index contributed by atoms with van der Waals surface area (Å²) in [4.78, 5) is 56.0. The minimum Gasteiger partial charge on any atom is -0.392 e. The molecule has 12 nitrogen and oxygen atoms in total. The first-order chi connectivity index (χ1) is 17.8. The van der Waals surface area contributed by atoms with Gasteiger partial charge in [-0.1, -0.05) is 16.6 Å². The van der Waals surface area contributed by atoms with Gasteiger partial charge in [0.15, 0.2) is 6.04 Å². The Hall–Kier alpha value is -3.08. The topological polar surface area (TPSA) is 149 Å². The van der Waals surface area contributed by atoms with Crippen LogP contribution in [0.15, 0.2) is 6.07 Å². The van der Waals surface area contributed by atoms with Crippen LogP contribution in [0.1, 0.15) is 42.9 Å². The molecule has 210 valence electrons. The Balaban J connectivity index is 1.58. The van der Waals surface area contributed by atoms with Gasteiger partial charge >= 0.3 is 12.3 Å². The fraction of sp³-hybridized carbons (Fsp3) is 0.571. The molecule has 2 heterocycles. The highest BCUT2D eigenvalue weighted by molar-refractivity contribution is 6.31. The molecule has 0 saturated carbocycles. The third-order valence-corrected chi connectivity index (χ3v) is 6.37. The van der Waals surface area contributed by atoms with Gasteiger partial charge in [0.2, 0.25) is 24.6 Å².